The van der Waals surface area contributed by atoms with Crippen molar-refractivity contribution in [1.29, 1.82) is 0 Å². The number of rotatable bonds is 7. The minimum absolute atomic E-state index is 0.132. The van der Waals surface area contributed by atoms with E-state index in [1.54, 1.807) is 11.8 Å². The molecule has 0 bridgehead atoms. The summed E-state index contributed by atoms with van der Waals surface area (Å²) in [6, 6.07) is 1.72. The Morgan fingerprint density at radius 1 is 1.37 bits per heavy atom. The molecular weight excluding hydrogens is 398 g/mol. The second-order valence-corrected chi connectivity index (χ2v) is 9.10. The van der Waals surface area contributed by atoms with Crippen molar-refractivity contribution in [3.63, 3.8) is 0 Å². The molecule has 0 unspecified atom stereocenters. The monoisotopic (exact) mass is 427 g/mol. The van der Waals surface area contributed by atoms with E-state index in [0.717, 1.165) is 60.4 Å². The van der Waals surface area contributed by atoms with Gasteiger partial charge in [-0.3, -0.25) is 14.3 Å². The van der Waals surface area contributed by atoms with Crippen LogP contribution in [0.2, 0.25) is 0 Å². The van der Waals surface area contributed by atoms with E-state index in [2.05, 4.69) is 43.6 Å². The van der Waals surface area contributed by atoms with Gasteiger partial charge in [0.1, 0.15) is 12.2 Å². The number of piperidine rings is 1. The molecule has 9 heteroatoms. The van der Waals surface area contributed by atoms with Crippen LogP contribution in [-0.2, 0) is 0 Å². The minimum atomic E-state index is -0.258. The first-order chi connectivity index (χ1) is 14.6. The summed E-state index contributed by atoms with van der Waals surface area (Å²) in [6.45, 7) is 8.34. The molecule has 1 fully saturated rings. The van der Waals surface area contributed by atoms with Gasteiger partial charge < -0.3 is 10.2 Å². The average molecular weight is 428 g/mol. The molecular formula is C21H29N7OS. The minimum Gasteiger partial charge on any atom is -0.368 e. The second-order valence-electron chi connectivity index (χ2n) is 7.99. The fourth-order valence-electron chi connectivity index (χ4n) is 3.74. The molecule has 3 aromatic rings. The lowest BCUT2D eigenvalue weighted by Gasteiger charge is -2.32. The lowest BCUT2D eigenvalue weighted by Crippen LogP contribution is -2.34. The standard InChI is InChI=1S/C21H29N7OS/c1-4-9-30-18-11-22-20-17(27-7-5-14(2)6-8-27)10-16(12-28(18)20)21(29)25-15(3)19-23-13-24-26-19/h10-15H,4-9H2,1-3H3,(H,25,29)(H,23,24,26)/t15-/m0/s1. The first-order valence-electron chi connectivity index (χ1n) is 10.6. The van der Waals surface area contributed by atoms with E-state index in [-0.39, 0.29) is 11.9 Å². The first-order valence-corrected chi connectivity index (χ1v) is 11.6. The van der Waals surface area contributed by atoms with E-state index >= 15 is 0 Å². The Morgan fingerprint density at radius 3 is 2.87 bits per heavy atom. The number of aromatic amines is 1. The van der Waals surface area contributed by atoms with Crippen LogP contribution in [0.3, 0.4) is 0 Å². The van der Waals surface area contributed by atoms with Crippen molar-refractivity contribution in [2.24, 2.45) is 5.92 Å². The molecule has 160 valence electrons. The summed E-state index contributed by atoms with van der Waals surface area (Å²) < 4.78 is 2.07. The first kappa shape index (κ1) is 20.7. The number of nitrogens with one attached hydrogen (secondary N) is 2. The number of carbonyl (C=O) groups excluding carboxylic acids is 1. The van der Waals surface area contributed by atoms with Crippen molar-refractivity contribution in [3.05, 3.63) is 36.2 Å². The smallest absolute Gasteiger partial charge is 0.253 e. The van der Waals surface area contributed by atoms with E-state index in [9.17, 15) is 4.79 Å². The van der Waals surface area contributed by atoms with Gasteiger partial charge in [0, 0.05) is 19.3 Å². The van der Waals surface area contributed by atoms with E-state index in [0.29, 0.717) is 11.4 Å². The van der Waals surface area contributed by atoms with Crippen LogP contribution < -0.4 is 10.2 Å². The molecule has 4 heterocycles. The molecule has 1 atom stereocenters. The Balaban J connectivity index is 1.68. The van der Waals surface area contributed by atoms with Gasteiger partial charge in [-0.1, -0.05) is 13.8 Å². The number of carbonyl (C=O) groups is 1. The molecule has 2 N–H and O–H groups in total. The number of imidazole rings is 1. The third kappa shape index (κ3) is 4.30. The van der Waals surface area contributed by atoms with Crippen LogP contribution in [0.25, 0.3) is 5.65 Å². The fraction of sp³-hybridized carbons (Fsp3) is 0.524. The maximum Gasteiger partial charge on any atom is 0.253 e. The molecule has 0 aromatic carbocycles. The third-order valence-corrected chi connectivity index (χ3v) is 6.79. The fourth-order valence-corrected chi connectivity index (χ4v) is 4.56. The Morgan fingerprint density at radius 2 is 2.17 bits per heavy atom. The third-order valence-electron chi connectivity index (χ3n) is 5.58. The summed E-state index contributed by atoms with van der Waals surface area (Å²) in [5, 5.41) is 10.8. The zero-order valence-electron chi connectivity index (χ0n) is 17.8. The number of thioether (sulfide) groups is 1. The Hall–Kier alpha value is -2.55. The zero-order chi connectivity index (χ0) is 21.1. The van der Waals surface area contributed by atoms with Gasteiger partial charge in [0.15, 0.2) is 5.65 Å². The highest BCUT2D eigenvalue weighted by Gasteiger charge is 2.23. The molecule has 1 aliphatic heterocycles. The highest BCUT2D eigenvalue weighted by atomic mass is 32.2. The van der Waals surface area contributed by atoms with Gasteiger partial charge in [-0.25, -0.2) is 9.97 Å². The maximum atomic E-state index is 13.1. The van der Waals surface area contributed by atoms with E-state index < -0.39 is 0 Å². The van der Waals surface area contributed by atoms with Crippen molar-refractivity contribution in [3.8, 4) is 0 Å². The number of aromatic nitrogens is 5. The zero-order valence-corrected chi connectivity index (χ0v) is 18.6. The number of fused-ring (bicyclic) bond motifs is 1. The number of anilines is 1. The second kappa shape index (κ2) is 9.07. The Kier molecular flexibility index (Phi) is 6.26. The summed E-state index contributed by atoms with van der Waals surface area (Å²) in [5.74, 6) is 2.26. The van der Waals surface area contributed by atoms with E-state index in [1.165, 1.54) is 6.33 Å². The van der Waals surface area contributed by atoms with Crippen LogP contribution in [-0.4, -0.2) is 49.3 Å². The predicted octanol–water partition coefficient (Wildman–Crippen LogP) is 3.68. The number of amides is 1. The molecule has 8 nitrogen and oxygen atoms in total. The summed E-state index contributed by atoms with van der Waals surface area (Å²) in [5.41, 5.74) is 2.58. The van der Waals surface area contributed by atoms with Gasteiger partial charge in [-0.2, -0.15) is 5.10 Å². The van der Waals surface area contributed by atoms with Crippen molar-refractivity contribution >= 4 is 29.0 Å². The SMILES string of the molecule is CCCSc1cnc2c(N3CCC(C)CC3)cc(C(=O)N[C@@H](C)c3ncn[nH]3)cn12. The van der Waals surface area contributed by atoms with Crippen molar-refractivity contribution in [2.75, 3.05) is 23.7 Å². The molecule has 4 rings (SSSR count). The number of H-pyrrole nitrogens is 1. The van der Waals surface area contributed by atoms with Gasteiger partial charge >= 0.3 is 0 Å². The molecule has 0 spiro atoms. The van der Waals surface area contributed by atoms with Crippen LogP contribution in [0.4, 0.5) is 5.69 Å². The van der Waals surface area contributed by atoms with Crippen molar-refractivity contribution in [1.82, 2.24) is 29.9 Å². The number of nitrogens with zero attached hydrogens (tertiary/aromatic N) is 5. The molecule has 0 aliphatic carbocycles. The summed E-state index contributed by atoms with van der Waals surface area (Å²) in [4.78, 5) is 24.3. The number of hydrogen-bond donors (Lipinski definition) is 2. The quantitative estimate of drug-likeness (QED) is 0.559. The van der Waals surface area contributed by atoms with Gasteiger partial charge in [-0.15, -0.1) is 11.8 Å². The largest absolute Gasteiger partial charge is 0.368 e. The Labute approximate surface area is 180 Å². The van der Waals surface area contributed by atoms with Crippen LogP contribution in [0.5, 0.6) is 0 Å². The lowest BCUT2D eigenvalue weighted by molar-refractivity contribution is 0.0938. The summed E-state index contributed by atoms with van der Waals surface area (Å²) in [7, 11) is 0. The van der Waals surface area contributed by atoms with Crippen molar-refractivity contribution < 1.29 is 4.79 Å². The van der Waals surface area contributed by atoms with Crippen LogP contribution in [0.15, 0.2) is 29.8 Å². The molecule has 1 aliphatic rings. The van der Waals surface area contributed by atoms with Gasteiger partial charge in [0.25, 0.3) is 5.91 Å². The van der Waals surface area contributed by atoms with Crippen molar-refractivity contribution in [2.45, 2.75) is 51.1 Å². The maximum absolute atomic E-state index is 13.1. The molecule has 1 saturated heterocycles. The molecule has 3 aromatic heterocycles. The summed E-state index contributed by atoms with van der Waals surface area (Å²) in [6.07, 6.45) is 8.67. The van der Waals surface area contributed by atoms with Crippen LogP contribution in [0, 0.1) is 5.92 Å². The van der Waals surface area contributed by atoms with Crippen LogP contribution in [0.1, 0.15) is 62.3 Å². The highest BCUT2D eigenvalue weighted by Crippen LogP contribution is 2.31. The predicted molar refractivity (Wildman–Crippen MR) is 119 cm³/mol. The highest BCUT2D eigenvalue weighted by molar-refractivity contribution is 7.99. The number of pyridine rings is 1. The van der Waals surface area contributed by atoms with E-state index in [4.69, 9.17) is 4.98 Å². The van der Waals surface area contributed by atoms with Gasteiger partial charge in [0.2, 0.25) is 0 Å². The normalized spacial score (nSPS) is 16.2. The molecule has 30 heavy (non-hydrogen) atoms. The van der Waals surface area contributed by atoms with E-state index in [1.807, 2.05) is 25.4 Å². The molecule has 0 saturated carbocycles. The molecule has 1 amide bonds. The average Bonchev–Trinajstić information content (AvgIpc) is 3.42. The van der Waals surface area contributed by atoms with Gasteiger partial charge in [0.05, 0.1) is 28.5 Å². The lowest BCUT2D eigenvalue weighted by atomic mass is 9.99. The van der Waals surface area contributed by atoms with Gasteiger partial charge in [-0.05, 0) is 43.9 Å². The summed E-state index contributed by atoms with van der Waals surface area (Å²) >= 11 is 1.77. The molecule has 0 radical (unpaired) electrons. The van der Waals surface area contributed by atoms with Crippen LogP contribution >= 0.6 is 11.8 Å². The topological polar surface area (TPSA) is 91.2 Å². The Bertz CT molecular complexity index is 992. The number of hydrogen-bond acceptors (Lipinski definition) is 6.